The van der Waals surface area contributed by atoms with Crippen LogP contribution in [0.15, 0.2) is 23.1 Å². The number of nitrogens with one attached hydrogen (secondary N) is 1. The number of aromatic nitrogens is 3. The second kappa shape index (κ2) is 8.92. The molecule has 4 atom stereocenters. The van der Waals surface area contributed by atoms with Crippen molar-refractivity contribution in [3.63, 3.8) is 0 Å². The lowest BCUT2D eigenvalue weighted by Crippen LogP contribution is -2.59. The van der Waals surface area contributed by atoms with Crippen molar-refractivity contribution in [1.29, 1.82) is 0 Å². The van der Waals surface area contributed by atoms with Crippen molar-refractivity contribution < 1.29 is 14.6 Å². The summed E-state index contributed by atoms with van der Waals surface area (Å²) in [6, 6.07) is 3.83. The number of benzene rings is 1. The van der Waals surface area contributed by atoms with Gasteiger partial charge in [0.05, 0.1) is 23.3 Å². The first-order valence-electron chi connectivity index (χ1n) is 13.4. The molecule has 6 rings (SSSR count). The molecule has 3 saturated heterocycles. The molecule has 1 aromatic carbocycles. The highest BCUT2D eigenvalue weighted by Gasteiger charge is 2.50. The number of likely N-dealkylation sites (tertiary alicyclic amines) is 2. The van der Waals surface area contributed by atoms with Crippen LogP contribution >= 0.6 is 0 Å². The normalized spacial score (nSPS) is 29.6. The van der Waals surface area contributed by atoms with Gasteiger partial charge in [0, 0.05) is 62.2 Å². The monoisotopic (exact) mass is 507 g/mol. The third-order valence-electron chi connectivity index (χ3n) is 9.02. The molecule has 1 amide bonds. The lowest BCUT2D eigenvalue weighted by Gasteiger charge is -2.48. The topological polar surface area (TPSA) is 103 Å². The van der Waals surface area contributed by atoms with E-state index in [1.807, 2.05) is 28.4 Å². The molecule has 0 radical (unpaired) electrons. The second-order valence-electron chi connectivity index (χ2n) is 12.0. The van der Waals surface area contributed by atoms with Gasteiger partial charge in [0.2, 0.25) is 0 Å². The number of carbonyl (C=O) groups excluding carboxylic acids is 1. The zero-order chi connectivity index (χ0) is 26.1. The summed E-state index contributed by atoms with van der Waals surface area (Å²) in [7, 11) is 2.09. The molecule has 2 aromatic heterocycles. The van der Waals surface area contributed by atoms with E-state index in [9.17, 15) is 14.7 Å². The van der Waals surface area contributed by atoms with Crippen LogP contribution < -0.4 is 5.56 Å². The molecule has 0 aliphatic carbocycles. The van der Waals surface area contributed by atoms with Gasteiger partial charge in [0.25, 0.3) is 11.5 Å². The molecule has 5 heterocycles. The number of aryl methyl sites for hydroxylation is 1. The van der Waals surface area contributed by atoms with Crippen LogP contribution in [-0.2, 0) is 4.74 Å². The van der Waals surface area contributed by atoms with Crippen molar-refractivity contribution in [3.05, 3.63) is 45.6 Å². The number of aromatic amines is 1. The zero-order valence-electron chi connectivity index (χ0n) is 22.2. The maximum atomic E-state index is 14.0. The van der Waals surface area contributed by atoms with Crippen LogP contribution in [0, 0.1) is 24.2 Å². The van der Waals surface area contributed by atoms with Gasteiger partial charge in [-0.05, 0) is 50.4 Å². The number of aliphatic hydroxyl groups excluding tert-OH is 1. The van der Waals surface area contributed by atoms with Gasteiger partial charge in [0.1, 0.15) is 11.3 Å². The Morgan fingerprint density at radius 3 is 2.70 bits per heavy atom. The van der Waals surface area contributed by atoms with E-state index < -0.39 is 11.5 Å². The standard InChI is InChI=1S/C28H37N5O4/c1-16-9-22-21(30-26(35)23-11-29-25(33(22)23)18-5-7-37-8-6-18)10-19(16)27(36)32-13-20-17(2)12-31(4)14-28(3,15-32)24(20)34/h9-11,17-18,20,24,34H,5-8,12-15H2,1-4H3,(H,30,35)/t17-,20?,24?,28+/m0/s1. The fourth-order valence-electron chi connectivity index (χ4n) is 7.15. The lowest BCUT2D eigenvalue weighted by atomic mass is 9.71. The highest BCUT2D eigenvalue weighted by Crippen LogP contribution is 2.41. The Bertz CT molecular complexity index is 1420. The van der Waals surface area contributed by atoms with E-state index in [0.717, 1.165) is 42.8 Å². The van der Waals surface area contributed by atoms with Gasteiger partial charge in [-0.25, -0.2) is 4.98 Å². The zero-order valence-corrected chi connectivity index (χ0v) is 22.2. The summed E-state index contributed by atoms with van der Waals surface area (Å²) in [5.41, 5.74) is 2.86. The number of H-pyrrole nitrogens is 1. The average molecular weight is 508 g/mol. The van der Waals surface area contributed by atoms with E-state index in [2.05, 4.69) is 35.8 Å². The van der Waals surface area contributed by atoms with E-state index in [1.165, 1.54) is 0 Å². The Morgan fingerprint density at radius 2 is 1.95 bits per heavy atom. The Labute approximate surface area is 216 Å². The van der Waals surface area contributed by atoms with Gasteiger partial charge in [0.15, 0.2) is 0 Å². The van der Waals surface area contributed by atoms with E-state index in [1.54, 1.807) is 6.20 Å². The molecule has 3 aliphatic rings. The summed E-state index contributed by atoms with van der Waals surface area (Å²) in [5.74, 6) is 1.38. The van der Waals surface area contributed by atoms with Gasteiger partial charge >= 0.3 is 0 Å². The summed E-state index contributed by atoms with van der Waals surface area (Å²) < 4.78 is 7.50. The van der Waals surface area contributed by atoms with Gasteiger partial charge < -0.3 is 24.6 Å². The minimum absolute atomic E-state index is 0.0285. The fourth-order valence-corrected chi connectivity index (χ4v) is 7.15. The van der Waals surface area contributed by atoms with Crippen molar-refractivity contribution in [2.45, 2.75) is 45.6 Å². The molecule has 2 unspecified atom stereocenters. The highest BCUT2D eigenvalue weighted by atomic mass is 16.5. The minimum atomic E-state index is -0.441. The van der Waals surface area contributed by atoms with Crippen molar-refractivity contribution in [1.82, 2.24) is 24.2 Å². The van der Waals surface area contributed by atoms with E-state index in [4.69, 9.17) is 4.74 Å². The number of imidazole rings is 1. The SMILES string of the molecule is Cc1cc2c(cc1C(=O)N1CC3C(O)[C@](C)(CN(C)C[C@@H]3C)C1)[nH]c(=O)c1cnc(C3CCOCC3)n12. The molecule has 2 bridgehead atoms. The Balaban J connectivity index is 1.41. The van der Waals surface area contributed by atoms with E-state index in [0.29, 0.717) is 42.9 Å². The molecule has 3 aliphatic heterocycles. The molecular formula is C28H37N5O4. The number of hydrogen-bond donors (Lipinski definition) is 2. The number of ether oxygens (including phenoxy) is 1. The summed E-state index contributed by atoms with van der Waals surface area (Å²) in [6.07, 6.45) is 2.95. The predicted octanol–water partition coefficient (Wildman–Crippen LogP) is 2.40. The van der Waals surface area contributed by atoms with Crippen molar-refractivity contribution in [3.8, 4) is 0 Å². The molecule has 198 valence electrons. The van der Waals surface area contributed by atoms with Crippen molar-refractivity contribution >= 4 is 22.5 Å². The largest absolute Gasteiger partial charge is 0.392 e. The Morgan fingerprint density at radius 1 is 1.19 bits per heavy atom. The van der Waals surface area contributed by atoms with Crippen LogP contribution in [0.3, 0.4) is 0 Å². The van der Waals surface area contributed by atoms with Gasteiger partial charge in [-0.15, -0.1) is 0 Å². The average Bonchev–Trinajstić information content (AvgIpc) is 3.30. The Kier molecular flexibility index (Phi) is 5.93. The molecule has 0 saturated carbocycles. The molecule has 3 fully saturated rings. The summed E-state index contributed by atoms with van der Waals surface area (Å²) >= 11 is 0. The molecule has 9 heteroatoms. The first-order valence-corrected chi connectivity index (χ1v) is 13.4. The number of carbonyl (C=O) groups is 1. The quantitative estimate of drug-likeness (QED) is 0.552. The number of amides is 1. The summed E-state index contributed by atoms with van der Waals surface area (Å²) in [4.78, 5) is 38.8. The number of piperidine rings is 1. The predicted molar refractivity (Wildman–Crippen MR) is 141 cm³/mol. The first kappa shape index (κ1) is 24.6. The number of fused-ring (bicyclic) bond motifs is 5. The van der Waals surface area contributed by atoms with Crippen molar-refractivity contribution in [2.24, 2.45) is 17.3 Å². The fraction of sp³-hybridized carbons (Fsp3) is 0.607. The summed E-state index contributed by atoms with van der Waals surface area (Å²) in [5, 5.41) is 11.2. The summed E-state index contributed by atoms with van der Waals surface area (Å²) in [6.45, 7) is 10.3. The number of hydrogen-bond acceptors (Lipinski definition) is 6. The number of aliphatic hydroxyl groups is 1. The highest BCUT2D eigenvalue weighted by molar-refractivity contribution is 5.99. The smallest absolute Gasteiger partial charge is 0.274 e. The lowest BCUT2D eigenvalue weighted by molar-refractivity contribution is -0.0723. The third-order valence-corrected chi connectivity index (χ3v) is 9.02. The molecular weight excluding hydrogens is 470 g/mol. The Hall–Kier alpha value is -2.75. The van der Waals surface area contributed by atoms with Crippen LogP contribution in [0.1, 0.15) is 54.4 Å². The number of rotatable bonds is 2. The minimum Gasteiger partial charge on any atom is -0.392 e. The van der Waals surface area contributed by atoms with Crippen LogP contribution in [0.2, 0.25) is 0 Å². The maximum absolute atomic E-state index is 14.0. The van der Waals surface area contributed by atoms with Crippen LogP contribution in [-0.4, -0.2) is 87.7 Å². The number of nitrogens with zero attached hydrogens (tertiary/aromatic N) is 4. The van der Waals surface area contributed by atoms with Gasteiger partial charge in [-0.3, -0.25) is 14.0 Å². The van der Waals surface area contributed by atoms with Crippen molar-refractivity contribution in [2.75, 3.05) is 46.4 Å². The first-order chi connectivity index (χ1) is 17.7. The molecule has 2 N–H and O–H groups in total. The van der Waals surface area contributed by atoms with Crippen LogP contribution in [0.4, 0.5) is 0 Å². The van der Waals surface area contributed by atoms with E-state index >= 15 is 0 Å². The third kappa shape index (κ3) is 3.99. The molecule has 0 spiro atoms. The van der Waals surface area contributed by atoms with Gasteiger partial charge in [-0.1, -0.05) is 13.8 Å². The molecule has 3 aromatic rings. The van der Waals surface area contributed by atoms with Gasteiger partial charge in [-0.2, -0.15) is 0 Å². The van der Waals surface area contributed by atoms with E-state index in [-0.39, 0.29) is 29.2 Å². The second-order valence-corrected chi connectivity index (χ2v) is 12.0. The molecule has 37 heavy (non-hydrogen) atoms. The van der Waals surface area contributed by atoms with Crippen LogP contribution in [0.25, 0.3) is 16.6 Å². The molecule has 9 nitrogen and oxygen atoms in total. The van der Waals surface area contributed by atoms with Crippen LogP contribution in [0.5, 0.6) is 0 Å². The maximum Gasteiger partial charge on any atom is 0.274 e.